The molecule has 0 heterocycles. The lowest BCUT2D eigenvalue weighted by Gasteiger charge is -1.96. The van der Waals surface area contributed by atoms with Crippen LogP contribution in [0.15, 0.2) is 12.2 Å². The van der Waals surface area contributed by atoms with E-state index in [0.29, 0.717) is 6.42 Å². The molecule has 0 rings (SSSR count). The molecule has 0 aliphatic carbocycles. The van der Waals surface area contributed by atoms with Gasteiger partial charge in [-0.25, -0.2) is 0 Å². The van der Waals surface area contributed by atoms with Crippen molar-refractivity contribution in [3.8, 4) is 0 Å². The first-order chi connectivity index (χ1) is 4.16. The van der Waals surface area contributed by atoms with E-state index in [0.717, 1.165) is 5.57 Å². The number of Topliss-reactive ketones (excluding diaryl/α,β-unsaturated/α-hetero) is 1. The quantitative estimate of drug-likeness (QED) is 0.318. The van der Waals surface area contributed by atoms with Crippen molar-refractivity contribution in [3.05, 3.63) is 12.2 Å². The Morgan fingerprint density at radius 1 is 1.78 bits per heavy atom. The molecule has 0 saturated heterocycles. The van der Waals surface area contributed by atoms with Gasteiger partial charge in [0, 0.05) is 6.42 Å². The highest BCUT2D eigenvalue weighted by molar-refractivity contribution is 5.82. The second-order valence-corrected chi connectivity index (χ2v) is 2.05. The molecule has 9 heavy (non-hydrogen) atoms. The predicted octanol–water partition coefficient (Wildman–Crippen LogP) is -0.0150. The second-order valence-electron chi connectivity index (χ2n) is 2.05. The number of rotatable bonds is 4. The summed E-state index contributed by atoms with van der Waals surface area (Å²) < 4.78 is 0. The Kier molecular flexibility index (Phi) is 3.92. The van der Waals surface area contributed by atoms with E-state index in [4.69, 9.17) is 5.84 Å². The molecular formula is C6H12N2O. The molecule has 3 heteroatoms. The molecule has 0 aromatic heterocycles. The number of ketones is 1. The van der Waals surface area contributed by atoms with Gasteiger partial charge in [0.1, 0.15) is 0 Å². The van der Waals surface area contributed by atoms with E-state index in [2.05, 4.69) is 12.0 Å². The third-order valence-corrected chi connectivity index (χ3v) is 0.798. The van der Waals surface area contributed by atoms with Gasteiger partial charge in [-0.1, -0.05) is 12.2 Å². The fourth-order valence-electron chi connectivity index (χ4n) is 0.513. The number of nitrogens with two attached hydrogens (primary N) is 1. The SMILES string of the molecule is C=C(C)CC(=O)CNN. The summed E-state index contributed by atoms with van der Waals surface area (Å²) in [7, 11) is 0. The standard InChI is InChI=1S/C6H12N2O/c1-5(2)3-6(9)4-8-7/h8H,1,3-4,7H2,2H3. The van der Waals surface area contributed by atoms with Crippen molar-refractivity contribution in [3.63, 3.8) is 0 Å². The predicted molar refractivity (Wildman–Crippen MR) is 36.6 cm³/mol. The van der Waals surface area contributed by atoms with Crippen LogP contribution in [0.1, 0.15) is 13.3 Å². The van der Waals surface area contributed by atoms with Crippen molar-refractivity contribution in [2.24, 2.45) is 5.84 Å². The van der Waals surface area contributed by atoms with Crippen LogP contribution >= 0.6 is 0 Å². The van der Waals surface area contributed by atoms with Crippen molar-refractivity contribution < 1.29 is 4.79 Å². The molecule has 3 nitrogen and oxygen atoms in total. The number of carbonyl (C=O) groups is 1. The molecular weight excluding hydrogens is 116 g/mol. The van der Waals surface area contributed by atoms with Crippen LogP contribution in [0.2, 0.25) is 0 Å². The summed E-state index contributed by atoms with van der Waals surface area (Å²) in [6, 6.07) is 0. The number of hydrogen-bond acceptors (Lipinski definition) is 3. The van der Waals surface area contributed by atoms with E-state index in [-0.39, 0.29) is 12.3 Å². The average Bonchev–Trinajstić information content (AvgIpc) is 1.63. The Labute approximate surface area is 54.9 Å². The highest BCUT2D eigenvalue weighted by Crippen LogP contribution is 1.94. The molecule has 0 fully saturated rings. The lowest BCUT2D eigenvalue weighted by Crippen LogP contribution is -2.28. The van der Waals surface area contributed by atoms with E-state index in [9.17, 15) is 4.79 Å². The van der Waals surface area contributed by atoms with Crippen molar-refractivity contribution in [2.75, 3.05) is 6.54 Å². The average molecular weight is 128 g/mol. The smallest absolute Gasteiger partial charge is 0.152 e. The summed E-state index contributed by atoms with van der Waals surface area (Å²) in [6.07, 6.45) is 0.421. The lowest BCUT2D eigenvalue weighted by molar-refractivity contribution is -0.117. The van der Waals surface area contributed by atoms with Crippen LogP contribution in [0, 0.1) is 0 Å². The maximum Gasteiger partial charge on any atom is 0.152 e. The number of hydrazine groups is 1. The fourth-order valence-corrected chi connectivity index (χ4v) is 0.513. The van der Waals surface area contributed by atoms with Gasteiger partial charge in [-0.2, -0.15) is 0 Å². The van der Waals surface area contributed by atoms with Gasteiger partial charge in [0.15, 0.2) is 5.78 Å². The first kappa shape index (κ1) is 8.33. The minimum atomic E-state index is 0.0741. The van der Waals surface area contributed by atoms with Gasteiger partial charge in [0.25, 0.3) is 0 Å². The Morgan fingerprint density at radius 2 is 2.33 bits per heavy atom. The molecule has 0 spiro atoms. The summed E-state index contributed by atoms with van der Waals surface area (Å²) in [5.74, 6) is 4.98. The minimum absolute atomic E-state index is 0.0741. The maximum absolute atomic E-state index is 10.7. The highest BCUT2D eigenvalue weighted by Gasteiger charge is 1.97. The molecule has 0 unspecified atom stereocenters. The molecule has 0 bridgehead atoms. The van der Waals surface area contributed by atoms with E-state index in [1.54, 1.807) is 0 Å². The summed E-state index contributed by atoms with van der Waals surface area (Å²) in [5, 5.41) is 0. The monoisotopic (exact) mass is 128 g/mol. The highest BCUT2D eigenvalue weighted by atomic mass is 16.1. The number of allylic oxidation sites excluding steroid dienone is 1. The number of carbonyl (C=O) groups excluding carboxylic acids is 1. The van der Waals surface area contributed by atoms with Gasteiger partial charge in [-0.15, -0.1) is 0 Å². The van der Waals surface area contributed by atoms with Crippen LogP contribution in [0.5, 0.6) is 0 Å². The van der Waals surface area contributed by atoms with Gasteiger partial charge in [-0.3, -0.25) is 16.1 Å². The van der Waals surface area contributed by atoms with Gasteiger partial charge in [0.05, 0.1) is 6.54 Å². The van der Waals surface area contributed by atoms with Crippen LogP contribution in [0.3, 0.4) is 0 Å². The third-order valence-electron chi connectivity index (χ3n) is 0.798. The first-order valence-corrected chi connectivity index (χ1v) is 2.76. The number of hydrogen-bond donors (Lipinski definition) is 2. The largest absolute Gasteiger partial charge is 0.298 e. The molecule has 3 N–H and O–H groups in total. The van der Waals surface area contributed by atoms with Crippen molar-refractivity contribution in [1.29, 1.82) is 0 Å². The molecule has 0 saturated carbocycles. The summed E-state index contributed by atoms with van der Waals surface area (Å²) in [6.45, 7) is 5.63. The zero-order valence-electron chi connectivity index (χ0n) is 5.61. The van der Waals surface area contributed by atoms with Gasteiger partial charge in [-0.05, 0) is 6.92 Å². The lowest BCUT2D eigenvalue weighted by atomic mass is 10.2. The number of nitrogens with one attached hydrogen (secondary N) is 1. The van der Waals surface area contributed by atoms with Crippen LogP contribution in [0.25, 0.3) is 0 Å². The Hall–Kier alpha value is -0.670. The fraction of sp³-hybridized carbons (Fsp3) is 0.500. The second kappa shape index (κ2) is 4.23. The van der Waals surface area contributed by atoms with E-state index in [1.807, 2.05) is 6.92 Å². The Bertz CT molecular complexity index is 120. The Morgan fingerprint density at radius 3 is 2.67 bits per heavy atom. The van der Waals surface area contributed by atoms with Crippen molar-refractivity contribution in [2.45, 2.75) is 13.3 Å². The molecule has 0 aliphatic heterocycles. The zero-order chi connectivity index (χ0) is 7.28. The van der Waals surface area contributed by atoms with Crippen LogP contribution in [-0.4, -0.2) is 12.3 Å². The summed E-state index contributed by atoms with van der Waals surface area (Å²) in [5.41, 5.74) is 3.15. The van der Waals surface area contributed by atoms with Crippen LogP contribution < -0.4 is 11.3 Å². The first-order valence-electron chi connectivity index (χ1n) is 2.76. The molecule has 0 atom stereocenters. The van der Waals surface area contributed by atoms with Gasteiger partial charge >= 0.3 is 0 Å². The zero-order valence-corrected chi connectivity index (χ0v) is 5.61. The molecule has 0 aromatic rings. The van der Waals surface area contributed by atoms with Crippen molar-refractivity contribution in [1.82, 2.24) is 5.43 Å². The summed E-state index contributed by atoms with van der Waals surface area (Å²) in [4.78, 5) is 10.7. The minimum Gasteiger partial charge on any atom is -0.298 e. The summed E-state index contributed by atoms with van der Waals surface area (Å²) >= 11 is 0. The maximum atomic E-state index is 10.7. The van der Waals surface area contributed by atoms with E-state index in [1.165, 1.54) is 0 Å². The molecule has 0 radical (unpaired) electrons. The van der Waals surface area contributed by atoms with Crippen LogP contribution in [0.4, 0.5) is 0 Å². The van der Waals surface area contributed by atoms with E-state index >= 15 is 0 Å². The van der Waals surface area contributed by atoms with Crippen molar-refractivity contribution >= 4 is 5.78 Å². The van der Waals surface area contributed by atoms with Crippen LogP contribution in [-0.2, 0) is 4.79 Å². The topological polar surface area (TPSA) is 55.1 Å². The van der Waals surface area contributed by atoms with Gasteiger partial charge in [0.2, 0.25) is 0 Å². The molecule has 0 aromatic carbocycles. The van der Waals surface area contributed by atoms with Gasteiger partial charge < -0.3 is 0 Å². The van der Waals surface area contributed by atoms with E-state index < -0.39 is 0 Å². The normalized spacial score (nSPS) is 9.11. The molecule has 0 aliphatic rings. The Balaban J connectivity index is 3.39. The molecule has 52 valence electrons. The third kappa shape index (κ3) is 5.20. The molecule has 0 amide bonds.